The average molecular weight is 310 g/mol. The monoisotopic (exact) mass is 310 g/mol. The van der Waals surface area contributed by atoms with E-state index in [1.807, 2.05) is 11.8 Å². The summed E-state index contributed by atoms with van der Waals surface area (Å²) in [6.07, 6.45) is 1.36. The van der Waals surface area contributed by atoms with Crippen molar-refractivity contribution in [1.29, 1.82) is 0 Å². The Bertz CT molecular complexity index is 760. The van der Waals surface area contributed by atoms with Gasteiger partial charge < -0.3 is 11.1 Å². The third-order valence-corrected chi connectivity index (χ3v) is 4.11. The van der Waals surface area contributed by atoms with E-state index in [0.29, 0.717) is 5.82 Å². The normalized spacial score (nSPS) is 11.3. The van der Waals surface area contributed by atoms with Crippen molar-refractivity contribution in [2.24, 2.45) is 0 Å². The van der Waals surface area contributed by atoms with Gasteiger partial charge in [-0.2, -0.15) is 0 Å². The number of nitrogens with zero attached hydrogens (tertiary/aromatic N) is 1. The van der Waals surface area contributed by atoms with Crippen LogP contribution in [0.3, 0.4) is 0 Å². The molecule has 0 atom stereocenters. The van der Waals surface area contributed by atoms with Gasteiger partial charge in [0.1, 0.15) is 5.82 Å². The highest BCUT2D eigenvalue weighted by Gasteiger charge is 2.13. The minimum Gasteiger partial charge on any atom is -0.385 e. The second-order valence-corrected chi connectivity index (χ2v) is 5.63. The summed E-state index contributed by atoms with van der Waals surface area (Å²) in [6, 6.07) is 18.3. The number of nitrogens with two attached hydrogens (primary N) is 1. The zero-order valence-electron chi connectivity index (χ0n) is 11.6. The highest BCUT2D eigenvalue weighted by molar-refractivity contribution is 7.99. The van der Waals surface area contributed by atoms with E-state index in [2.05, 4.69) is 63.8 Å². The number of aromatic nitrogens is 2. The minimum atomic E-state index is -0.412. The molecule has 110 valence electrons. The van der Waals surface area contributed by atoms with E-state index in [1.165, 1.54) is 33.4 Å². The van der Waals surface area contributed by atoms with Gasteiger partial charge in [-0.15, -0.1) is 0 Å². The second-order valence-electron chi connectivity index (χ2n) is 4.55. The molecule has 0 spiro atoms. The fourth-order valence-corrected chi connectivity index (χ4v) is 2.95. The van der Waals surface area contributed by atoms with Gasteiger partial charge in [-0.3, -0.25) is 4.98 Å². The molecule has 2 aromatic carbocycles. The number of fused-ring (bicyclic) bond motifs is 2. The topological polar surface area (TPSA) is 83.8 Å². The molecule has 22 heavy (non-hydrogen) atoms. The molecule has 2 heterocycles. The summed E-state index contributed by atoms with van der Waals surface area (Å²) in [5, 5.41) is 3.42. The summed E-state index contributed by atoms with van der Waals surface area (Å²) < 4.78 is 0. The number of para-hydroxylation sites is 2. The Hall–Kier alpha value is -2.73. The van der Waals surface area contributed by atoms with Crippen LogP contribution < -0.4 is 16.7 Å². The molecule has 0 aliphatic carbocycles. The maximum absolute atomic E-state index is 10.2. The largest absolute Gasteiger partial charge is 0.385 e. The number of nitrogens with one attached hydrogen (secondary N) is 2. The second kappa shape index (κ2) is 6.36. The van der Waals surface area contributed by atoms with Crippen molar-refractivity contribution in [3.05, 3.63) is 71.3 Å². The molecule has 1 aliphatic heterocycles. The number of benzene rings is 2. The molecule has 0 radical (unpaired) electrons. The summed E-state index contributed by atoms with van der Waals surface area (Å²) in [6.45, 7) is 0. The molecule has 3 aromatic rings. The van der Waals surface area contributed by atoms with Gasteiger partial charge in [0, 0.05) is 16.0 Å². The molecule has 1 aromatic heterocycles. The van der Waals surface area contributed by atoms with E-state index in [-0.39, 0.29) is 0 Å². The molecule has 4 N–H and O–H groups in total. The molecule has 0 unspecified atom stereocenters. The predicted molar refractivity (Wildman–Crippen MR) is 89.6 cm³/mol. The number of aromatic amines is 1. The first-order chi connectivity index (χ1) is 10.7. The smallest absolute Gasteiger partial charge is 0.346 e. The summed E-state index contributed by atoms with van der Waals surface area (Å²) >= 11 is 1.82. The lowest BCUT2D eigenvalue weighted by Crippen LogP contribution is -2.10. The van der Waals surface area contributed by atoms with Crippen LogP contribution in [0, 0.1) is 0 Å². The lowest BCUT2D eigenvalue weighted by molar-refractivity contribution is 1.08. The van der Waals surface area contributed by atoms with Crippen molar-refractivity contribution in [2.45, 2.75) is 9.79 Å². The number of hydrogen-bond donors (Lipinski definition) is 3. The van der Waals surface area contributed by atoms with Crippen molar-refractivity contribution >= 4 is 29.0 Å². The fraction of sp³-hybridized carbons (Fsp3) is 0. The number of nitrogen functional groups attached to an aromatic ring is 1. The molecule has 0 amide bonds. The average Bonchev–Trinajstić information content (AvgIpc) is 2.53. The van der Waals surface area contributed by atoms with Crippen LogP contribution in [-0.4, -0.2) is 9.97 Å². The number of anilines is 3. The Kier molecular flexibility index (Phi) is 4.11. The zero-order chi connectivity index (χ0) is 15.4. The summed E-state index contributed by atoms with van der Waals surface area (Å²) in [5.41, 5.74) is 7.16. The van der Waals surface area contributed by atoms with Gasteiger partial charge in [0.25, 0.3) is 0 Å². The molecule has 1 aliphatic rings. The van der Waals surface area contributed by atoms with E-state index >= 15 is 0 Å². The van der Waals surface area contributed by atoms with Gasteiger partial charge in [0.05, 0.1) is 11.4 Å². The fourth-order valence-electron chi connectivity index (χ4n) is 1.96. The number of rotatable bonds is 0. The highest BCUT2D eigenvalue weighted by atomic mass is 32.2. The van der Waals surface area contributed by atoms with Crippen LogP contribution in [0.1, 0.15) is 0 Å². The summed E-state index contributed by atoms with van der Waals surface area (Å²) in [5.74, 6) is 0.338. The molecule has 0 saturated carbocycles. The Morgan fingerprint density at radius 2 is 1.50 bits per heavy atom. The van der Waals surface area contributed by atoms with Crippen molar-refractivity contribution in [3.8, 4) is 0 Å². The van der Waals surface area contributed by atoms with Crippen LogP contribution in [0.15, 0.2) is 75.4 Å². The Balaban J connectivity index is 0.000000154. The molecule has 4 rings (SSSR count). The van der Waals surface area contributed by atoms with Crippen LogP contribution in [0.2, 0.25) is 0 Å². The van der Waals surface area contributed by atoms with Crippen LogP contribution in [0.5, 0.6) is 0 Å². The third-order valence-electron chi connectivity index (χ3n) is 2.96. The van der Waals surface area contributed by atoms with E-state index in [9.17, 15) is 4.79 Å². The Morgan fingerprint density at radius 3 is 2.00 bits per heavy atom. The molecule has 0 bridgehead atoms. The Morgan fingerprint density at radius 1 is 0.909 bits per heavy atom. The molecule has 0 saturated heterocycles. The first-order valence-electron chi connectivity index (χ1n) is 6.66. The van der Waals surface area contributed by atoms with Gasteiger partial charge in [0.15, 0.2) is 0 Å². The van der Waals surface area contributed by atoms with E-state index in [0.717, 1.165) is 0 Å². The third kappa shape index (κ3) is 3.29. The SMILES string of the molecule is Nc1ccnc(=O)[nH]1.c1ccc2c(c1)Nc1ccccc1S2. The van der Waals surface area contributed by atoms with E-state index in [4.69, 9.17) is 5.73 Å². The van der Waals surface area contributed by atoms with Crippen molar-refractivity contribution in [1.82, 2.24) is 9.97 Å². The molecular weight excluding hydrogens is 296 g/mol. The summed E-state index contributed by atoms with van der Waals surface area (Å²) in [7, 11) is 0. The van der Waals surface area contributed by atoms with Crippen LogP contribution in [-0.2, 0) is 0 Å². The van der Waals surface area contributed by atoms with Gasteiger partial charge in [-0.1, -0.05) is 36.0 Å². The highest BCUT2D eigenvalue weighted by Crippen LogP contribution is 2.43. The first-order valence-corrected chi connectivity index (χ1v) is 7.48. The van der Waals surface area contributed by atoms with Crippen LogP contribution in [0.25, 0.3) is 0 Å². The quantitative estimate of drug-likeness (QED) is 0.464. The molecule has 0 fully saturated rings. The van der Waals surface area contributed by atoms with E-state index < -0.39 is 5.69 Å². The standard InChI is InChI=1S/C12H9NS.C4H5N3O/c1-3-7-11-9(5-1)13-10-6-2-4-8-12(10)14-11;5-3-1-2-6-4(8)7-3/h1-8,13H;1-2H,(H3,5,6,7,8). The van der Waals surface area contributed by atoms with Gasteiger partial charge in [0.2, 0.25) is 0 Å². The Labute approximate surface area is 131 Å². The lowest BCUT2D eigenvalue weighted by Gasteiger charge is -2.19. The van der Waals surface area contributed by atoms with E-state index in [1.54, 1.807) is 0 Å². The first kappa shape index (κ1) is 14.2. The lowest BCUT2D eigenvalue weighted by atomic mass is 10.2. The van der Waals surface area contributed by atoms with Gasteiger partial charge >= 0.3 is 5.69 Å². The molecule has 5 nitrogen and oxygen atoms in total. The van der Waals surface area contributed by atoms with Gasteiger partial charge in [-0.05, 0) is 30.3 Å². The summed E-state index contributed by atoms with van der Waals surface area (Å²) in [4.78, 5) is 18.5. The van der Waals surface area contributed by atoms with Gasteiger partial charge in [-0.25, -0.2) is 9.78 Å². The predicted octanol–water partition coefficient (Wildman–Crippen LogP) is 3.25. The van der Waals surface area contributed by atoms with Crippen LogP contribution in [0.4, 0.5) is 17.2 Å². The maximum atomic E-state index is 10.2. The number of H-pyrrole nitrogens is 1. The van der Waals surface area contributed by atoms with Crippen molar-refractivity contribution < 1.29 is 0 Å². The van der Waals surface area contributed by atoms with Crippen molar-refractivity contribution in [3.63, 3.8) is 0 Å². The van der Waals surface area contributed by atoms with Crippen molar-refractivity contribution in [2.75, 3.05) is 11.1 Å². The van der Waals surface area contributed by atoms with Crippen LogP contribution >= 0.6 is 11.8 Å². The zero-order valence-corrected chi connectivity index (χ0v) is 12.4. The molecular formula is C16H14N4OS. The maximum Gasteiger partial charge on any atom is 0.346 e. The number of hydrogen-bond acceptors (Lipinski definition) is 5. The molecule has 6 heteroatoms. The minimum absolute atomic E-state index is 0.338.